The van der Waals surface area contributed by atoms with Crippen molar-refractivity contribution in [1.29, 1.82) is 0 Å². The Morgan fingerprint density at radius 1 is 1.37 bits per heavy atom. The van der Waals surface area contributed by atoms with Gasteiger partial charge >= 0.3 is 0 Å². The van der Waals surface area contributed by atoms with Crippen molar-refractivity contribution in [3.05, 3.63) is 68.8 Å². The number of hydrogen-bond donors (Lipinski definition) is 1. The van der Waals surface area contributed by atoms with E-state index in [0.717, 1.165) is 24.1 Å². The normalized spacial score (nSPS) is 17.6. The second-order valence-electron chi connectivity index (χ2n) is 8.44. The lowest BCUT2D eigenvalue weighted by molar-refractivity contribution is -0.384. The summed E-state index contributed by atoms with van der Waals surface area (Å²) in [5.41, 5.74) is 7.19. The van der Waals surface area contributed by atoms with Gasteiger partial charge in [-0.15, -0.1) is 0 Å². The first kappa shape index (κ1) is 21.5. The number of anilines is 1. The number of benzene rings is 2. The number of nitrogens with zero attached hydrogens (tertiary/aromatic N) is 3. The quantitative estimate of drug-likeness (QED) is 0.438. The van der Waals surface area contributed by atoms with Crippen LogP contribution in [0.2, 0.25) is 0 Å². The number of nitrogens with one attached hydrogen (secondary N) is 1. The molecule has 0 spiro atoms. The van der Waals surface area contributed by atoms with Gasteiger partial charge in [0, 0.05) is 35.5 Å². The number of rotatable bonds is 5. The topological polar surface area (TPSA) is 87.8 Å². The van der Waals surface area contributed by atoms with Gasteiger partial charge in [0.1, 0.15) is 0 Å². The second-order valence-corrected chi connectivity index (χ2v) is 8.44. The molecule has 3 rings (SSSR count). The summed E-state index contributed by atoms with van der Waals surface area (Å²) in [5.74, 6) is -0.0668. The predicted molar refractivity (Wildman–Crippen MR) is 119 cm³/mol. The lowest BCUT2D eigenvalue weighted by atomic mass is 9.79. The smallest absolute Gasteiger partial charge is 0.271 e. The van der Waals surface area contributed by atoms with Crippen molar-refractivity contribution in [3.63, 3.8) is 0 Å². The minimum absolute atomic E-state index is 0.107. The average Bonchev–Trinajstić information content (AvgIpc) is 2.68. The molecule has 0 saturated heterocycles. The van der Waals surface area contributed by atoms with E-state index in [-0.39, 0.29) is 16.8 Å². The largest absolute Gasteiger partial charge is 0.366 e. The van der Waals surface area contributed by atoms with E-state index in [9.17, 15) is 14.9 Å². The Hall–Kier alpha value is -3.22. The SMILES string of the molecule is CCN1c2cc(C)c(/C=N/NC(=O)c3cccc([N+](=O)[O-])c3)cc2C(C)CC1(C)C. The number of amides is 1. The number of aryl methyl sites for hydroxylation is 1. The predicted octanol–water partition coefficient (Wildman–Crippen LogP) is 4.78. The lowest BCUT2D eigenvalue weighted by Gasteiger charge is -2.47. The minimum Gasteiger partial charge on any atom is -0.366 e. The highest BCUT2D eigenvalue weighted by atomic mass is 16.6. The fourth-order valence-corrected chi connectivity index (χ4v) is 4.37. The maximum atomic E-state index is 12.3. The first-order valence-corrected chi connectivity index (χ1v) is 10.1. The van der Waals surface area contributed by atoms with E-state index in [0.29, 0.717) is 5.92 Å². The third-order valence-corrected chi connectivity index (χ3v) is 5.78. The van der Waals surface area contributed by atoms with Gasteiger partial charge in [0.2, 0.25) is 0 Å². The molecule has 158 valence electrons. The Kier molecular flexibility index (Phi) is 5.92. The van der Waals surface area contributed by atoms with Crippen LogP contribution in [0.25, 0.3) is 0 Å². The molecular formula is C23H28N4O3. The molecule has 0 aliphatic carbocycles. The summed E-state index contributed by atoms with van der Waals surface area (Å²) in [5, 5.41) is 15.0. The van der Waals surface area contributed by atoms with Crippen molar-refractivity contribution in [2.24, 2.45) is 5.10 Å². The number of hydrazone groups is 1. The summed E-state index contributed by atoms with van der Waals surface area (Å²) in [6.07, 6.45) is 2.70. The van der Waals surface area contributed by atoms with E-state index in [4.69, 9.17) is 0 Å². The van der Waals surface area contributed by atoms with Gasteiger partial charge in [-0.1, -0.05) is 13.0 Å². The molecule has 30 heavy (non-hydrogen) atoms. The number of nitro groups is 1. The number of nitro benzene ring substituents is 1. The Bertz CT molecular complexity index is 1010. The molecule has 1 N–H and O–H groups in total. The molecule has 1 heterocycles. The first-order chi connectivity index (χ1) is 14.1. The van der Waals surface area contributed by atoms with Crippen molar-refractivity contribution >= 4 is 23.5 Å². The third kappa shape index (κ3) is 4.20. The molecule has 2 aromatic rings. The molecular weight excluding hydrogens is 380 g/mol. The fraction of sp³-hybridized carbons (Fsp3) is 0.391. The zero-order valence-electron chi connectivity index (χ0n) is 18.1. The Labute approximate surface area is 176 Å². The van der Waals surface area contributed by atoms with Crippen molar-refractivity contribution in [2.75, 3.05) is 11.4 Å². The first-order valence-electron chi connectivity index (χ1n) is 10.1. The zero-order valence-corrected chi connectivity index (χ0v) is 18.1. The van der Waals surface area contributed by atoms with E-state index in [1.807, 2.05) is 6.92 Å². The van der Waals surface area contributed by atoms with Crippen LogP contribution in [-0.2, 0) is 0 Å². The average molecular weight is 409 g/mol. The molecule has 1 unspecified atom stereocenters. The number of fused-ring (bicyclic) bond motifs is 1. The van der Waals surface area contributed by atoms with Crippen molar-refractivity contribution in [1.82, 2.24) is 5.43 Å². The molecule has 1 amide bonds. The van der Waals surface area contributed by atoms with Crippen LogP contribution in [0, 0.1) is 17.0 Å². The van der Waals surface area contributed by atoms with Crippen LogP contribution in [0.1, 0.15) is 67.1 Å². The van der Waals surface area contributed by atoms with Gasteiger partial charge in [0.15, 0.2) is 0 Å². The third-order valence-electron chi connectivity index (χ3n) is 5.78. The molecule has 0 saturated carbocycles. The highest BCUT2D eigenvalue weighted by molar-refractivity contribution is 5.95. The van der Waals surface area contributed by atoms with E-state index in [1.54, 1.807) is 6.21 Å². The van der Waals surface area contributed by atoms with E-state index in [2.05, 4.69) is 55.3 Å². The molecule has 7 nitrogen and oxygen atoms in total. The van der Waals surface area contributed by atoms with Crippen LogP contribution in [0.3, 0.4) is 0 Å². The van der Waals surface area contributed by atoms with Gasteiger partial charge in [0.25, 0.3) is 11.6 Å². The van der Waals surface area contributed by atoms with Crippen molar-refractivity contribution in [3.8, 4) is 0 Å². The standard InChI is InChI=1S/C23H28N4O3/c1-6-26-21-10-15(2)18(12-20(21)16(3)13-23(26,4)5)14-24-25-22(28)17-8-7-9-19(11-17)27(29)30/h7-12,14,16H,6,13H2,1-5H3,(H,25,28)/b24-14+. The molecule has 0 fully saturated rings. The monoisotopic (exact) mass is 408 g/mol. The fourth-order valence-electron chi connectivity index (χ4n) is 4.37. The summed E-state index contributed by atoms with van der Waals surface area (Å²) in [6.45, 7) is 12.0. The summed E-state index contributed by atoms with van der Waals surface area (Å²) >= 11 is 0. The van der Waals surface area contributed by atoms with Gasteiger partial charge in [-0.3, -0.25) is 14.9 Å². The number of carbonyl (C=O) groups is 1. The van der Waals surface area contributed by atoms with Gasteiger partial charge in [0.05, 0.1) is 11.1 Å². The zero-order chi connectivity index (χ0) is 22.1. The number of carbonyl (C=O) groups excluding carboxylic acids is 1. The summed E-state index contributed by atoms with van der Waals surface area (Å²) in [7, 11) is 0. The van der Waals surface area contributed by atoms with Crippen LogP contribution in [0.5, 0.6) is 0 Å². The molecule has 1 aliphatic heterocycles. The molecule has 0 aromatic heterocycles. The maximum absolute atomic E-state index is 12.3. The van der Waals surface area contributed by atoms with E-state index >= 15 is 0 Å². The second kappa shape index (κ2) is 8.26. The van der Waals surface area contributed by atoms with Gasteiger partial charge in [-0.05, 0) is 74.9 Å². The van der Waals surface area contributed by atoms with Gasteiger partial charge in [-0.25, -0.2) is 5.43 Å². The van der Waals surface area contributed by atoms with E-state index < -0.39 is 10.8 Å². The van der Waals surface area contributed by atoms with Crippen LogP contribution < -0.4 is 10.3 Å². The molecule has 0 bridgehead atoms. The number of hydrogen-bond acceptors (Lipinski definition) is 5. The molecule has 2 aromatic carbocycles. The summed E-state index contributed by atoms with van der Waals surface area (Å²) < 4.78 is 0. The number of non-ortho nitro benzene ring substituents is 1. The van der Waals surface area contributed by atoms with Gasteiger partial charge < -0.3 is 4.90 Å². The summed E-state index contributed by atoms with van der Waals surface area (Å²) in [6, 6.07) is 9.92. The highest BCUT2D eigenvalue weighted by Gasteiger charge is 2.35. The molecule has 1 aliphatic rings. The van der Waals surface area contributed by atoms with Crippen LogP contribution in [0.4, 0.5) is 11.4 Å². The molecule has 7 heteroatoms. The van der Waals surface area contributed by atoms with E-state index in [1.165, 1.54) is 35.5 Å². The minimum atomic E-state index is -0.529. The van der Waals surface area contributed by atoms with Gasteiger partial charge in [-0.2, -0.15) is 5.10 Å². The van der Waals surface area contributed by atoms with Crippen molar-refractivity contribution < 1.29 is 9.72 Å². The summed E-state index contributed by atoms with van der Waals surface area (Å²) in [4.78, 5) is 25.1. The molecule has 0 radical (unpaired) electrons. The van der Waals surface area contributed by atoms with Crippen LogP contribution in [-0.4, -0.2) is 29.1 Å². The Morgan fingerprint density at radius 2 is 2.10 bits per heavy atom. The van der Waals surface area contributed by atoms with Crippen molar-refractivity contribution in [2.45, 2.75) is 52.5 Å². The molecule has 1 atom stereocenters. The Morgan fingerprint density at radius 3 is 2.77 bits per heavy atom. The van der Waals surface area contributed by atoms with Crippen LogP contribution >= 0.6 is 0 Å². The van der Waals surface area contributed by atoms with Crippen LogP contribution in [0.15, 0.2) is 41.5 Å². The highest BCUT2D eigenvalue weighted by Crippen LogP contribution is 2.43. The Balaban J connectivity index is 1.82. The maximum Gasteiger partial charge on any atom is 0.271 e. The lowest BCUT2D eigenvalue weighted by Crippen LogP contribution is -2.48.